The van der Waals surface area contributed by atoms with Crippen molar-refractivity contribution in [3.63, 3.8) is 0 Å². The number of esters is 1. The van der Waals surface area contributed by atoms with Gasteiger partial charge in [0.2, 0.25) is 0 Å². The number of hydrogen-bond acceptors (Lipinski definition) is 3. The summed E-state index contributed by atoms with van der Waals surface area (Å²) in [6.45, 7) is 5.75. The molecule has 32 heavy (non-hydrogen) atoms. The molecule has 0 saturated carbocycles. The van der Waals surface area contributed by atoms with Gasteiger partial charge in [-0.25, -0.2) is 9.18 Å². The van der Waals surface area contributed by atoms with Crippen molar-refractivity contribution in [1.29, 1.82) is 0 Å². The van der Waals surface area contributed by atoms with Crippen LogP contribution in [0.15, 0.2) is 18.2 Å². The molecule has 0 aliphatic heterocycles. The maximum Gasteiger partial charge on any atom is 0.416 e. The highest BCUT2D eigenvalue weighted by Gasteiger charge is 2.33. The van der Waals surface area contributed by atoms with E-state index >= 15 is 0 Å². The molecule has 1 N–H and O–H groups in total. The van der Waals surface area contributed by atoms with E-state index in [1.807, 2.05) is 0 Å². The highest BCUT2D eigenvalue weighted by molar-refractivity contribution is 5.97. The zero-order valence-electron chi connectivity index (χ0n) is 19.2. The Kier molecular flexibility index (Phi) is 12.3. The molecule has 0 spiro atoms. The summed E-state index contributed by atoms with van der Waals surface area (Å²) in [6, 6.07) is 0.536. The van der Waals surface area contributed by atoms with Gasteiger partial charge in [0, 0.05) is 5.56 Å². The maximum atomic E-state index is 13.6. The standard InChI is InChI=1S/C24H35F4NO3/c1-4-5-6-7-8-9-10-11-12-13-32-23(31)21(17(2)3)29-22(30)18-14-19(24(26,27)28)16-20(25)15-18/h14-17,21H,4-13H2,1-3H3,(H,29,30). The summed E-state index contributed by atoms with van der Waals surface area (Å²) in [5.41, 5.74) is -1.77. The number of alkyl halides is 3. The number of amides is 1. The molecule has 0 heterocycles. The summed E-state index contributed by atoms with van der Waals surface area (Å²) in [6.07, 6.45) is 5.27. The molecule has 1 rings (SSSR count). The van der Waals surface area contributed by atoms with Crippen LogP contribution in [0, 0.1) is 11.7 Å². The smallest absolute Gasteiger partial charge is 0.416 e. The maximum absolute atomic E-state index is 13.6. The van der Waals surface area contributed by atoms with Crippen molar-refractivity contribution in [2.24, 2.45) is 5.92 Å². The summed E-state index contributed by atoms with van der Waals surface area (Å²) >= 11 is 0. The van der Waals surface area contributed by atoms with Crippen LogP contribution in [0.1, 0.15) is 94.5 Å². The van der Waals surface area contributed by atoms with E-state index in [1.54, 1.807) is 13.8 Å². The number of ether oxygens (including phenoxy) is 1. The number of carbonyl (C=O) groups is 2. The molecule has 0 aromatic heterocycles. The van der Waals surface area contributed by atoms with Gasteiger partial charge in [0.05, 0.1) is 12.2 Å². The van der Waals surface area contributed by atoms with E-state index < -0.39 is 41.0 Å². The fourth-order valence-electron chi connectivity index (χ4n) is 3.28. The fraction of sp³-hybridized carbons (Fsp3) is 0.667. The second-order valence-corrected chi connectivity index (χ2v) is 8.42. The molecule has 1 atom stereocenters. The number of rotatable bonds is 14. The molecule has 0 aliphatic rings. The summed E-state index contributed by atoms with van der Waals surface area (Å²) in [5, 5.41) is 2.38. The van der Waals surface area contributed by atoms with Crippen molar-refractivity contribution in [2.45, 2.75) is 90.8 Å². The van der Waals surface area contributed by atoms with Gasteiger partial charge >= 0.3 is 12.1 Å². The van der Waals surface area contributed by atoms with E-state index in [2.05, 4.69) is 12.2 Å². The average Bonchev–Trinajstić information content (AvgIpc) is 2.71. The van der Waals surface area contributed by atoms with Crippen molar-refractivity contribution in [2.75, 3.05) is 6.61 Å². The van der Waals surface area contributed by atoms with Gasteiger partial charge in [0.1, 0.15) is 11.9 Å². The first-order chi connectivity index (χ1) is 15.1. The van der Waals surface area contributed by atoms with Crippen molar-refractivity contribution >= 4 is 11.9 Å². The zero-order chi connectivity index (χ0) is 24.1. The first-order valence-corrected chi connectivity index (χ1v) is 11.4. The third kappa shape index (κ3) is 10.5. The second-order valence-electron chi connectivity index (χ2n) is 8.42. The number of hydrogen-bond donors (Lipinski definition) is 1. The lowest BCUT2D eigenvalue weighted by Crippen LogP contribution is -2.45. The van der Waals surface area contributed by atoms with Gasteiger partial charge in [-0.2, -0.15) is 13.2 Å². The Hall–Kier alpha value is -2.12. The first-order valence-electron chi connectivity index (χ1n) is 11.4. The topological polar surface area (TPSA) is 55.4 Å². The minimum absolute atomic E-state index is 0.214. The molecule has 1 aromatic carbocycles. The number of carbonyl (C=O) groups excluding carboxylic acids is 2. The van der Waals surface area contributed by atoms with E-state index in [0.717, 1.165) is 19.3 Å². The minimum Gasteiger partial charge on any atom is -0.464 e. The highest BCUT2D eigenvalue weighted by atomic mass is 19.4. The highest BCUT2D eigenvalue weighted by Crippen LogP contribution is 2.30. The molecule has 0 fully saturated rings. The quantitative estimate of drug-likeness (QED) is 0.191. The largest absolute Gasteiger partial charge is 0.464 e. The Morgan fingerprint density at radius 1 is 0.938 bits per heavy atom. The van der Waals surface area contributed by atoms with Crippen LogP contribution in [0.5, 0.6) is 0 Å². The number of halogens is 4. The molecule has 1 unspecified atom stereocenters. The van der Waals surface area contributed by atoms with Crippen molar-refractivity contribution in [3.8, 4) is 0 Å². The normalized spacial score (nSPS) is 12.6. The Morgan fingerprint density at radius 2 is 1.50 bits per heavy atom. The number of nitrogens with one attached hydrogen (secondary N) is 1. The van der Waals surface area contributed by atoms with Crippen LogP contribution in [0.4, 0.5) is 17.6 Å². The molecule has 0 aliphatic carbocycles. The van der Waals surface area contributed by atoms with Crippen LogP contribution < -0.4 is 5.32 Å². The van der Waals surface area contributed by atoms with Gasteiger partial charge in [-0.05, 0) is 30.5 Å². The van der Waals surface area contributed by atoms with Crippen LogP contribution in [0.3, 0.4) is 0 Å². The third-order valence-electron chi connectivity index (χ3n) is 5.19. The van der Waals surface area contributed by atoms with Gasteiger partial charge in [-0.3, -0.25) is 4.79 Å². The van der Waals surface area contributed by atoms with Crippen LogP contribution in [0.2, 0.25) is 0 Å². The Balaban J connectivity index is 2.50. The SMILES string of the molecule is CCCCCCCCCCCOC(=O)C(NC(=O)c1cc(F)cc(C(F)(F)F)c1)C(C)C. The summed E-state index contributed by atoms with van der Waals surface area (Å²) in [7, 11) is 0. The molecule has 8 heteroatoms. The summed E-state index contributed by atoms with van der Waals surface area (Å²) in [4.78, 5) is 24.8. The number of benzene rings is 1. The first kappa shape index (κ1) is 27.9. The second kappa shape index (κ2) is 14.1. The lowest BCUT2D eigenvalue weighted by molar-refractivity contribution is -0.147. The van der Waals surface area contributed by atoms with Crippen LogP contribution in [-0.2, 0) is 15.7 Å². The molecular formula is C24H35F4NO3. The molecular weight excluding hydrogens is 426 g/mol. The van der Waals surface area contributed by atoms with E-state index in [-0.39, 0.29) is 12.5 Å². The minimum atomic E-state index is -4.79. The van der Waals surface area contributed by atoms with E-state index in [0.29, 0.717) is 24.6 Å². The molecule has 1 amide bonds. The van der Waals surface area contributed by atoms with Gasteiger partial charge in [-0.1, -0.05) is 72.1 Å². The molecule has 1 aromatic rings. The third-order valence-corrected chi connectivity index (χ3v) is 5.19. The molecule has 4 nitrogen and oxygen atoms in total. The van der Waals surface area contributed by atoms with Gasteiger partial charge < -0.3 is 10.1 Å². The van der Waals surface area contributed by atoms with Crippen molar-refractivity contribution < 1.29 is 31.9 Å². The van der Waals surface area contributed by atoms with E-state index in [1.165, 1.54) is 32.1 Å². The van der Waals surface area contributed by atoms with Gasteiger partial charge in [0.15, 0.2) is 0 Å². The van der Waals surface area contributed by atoms with Crippen LogP contribution in [0.25, 0.3) is 0 Å². The van der Waals surface area contributed by atoms with E-state index in [4.69, 9.17) is 4.74 Å². The Morgan fingerprint density at radius 3 is 2.03 bits per heavy atom. The summed E-state index contributed by atoms with van der Waals surface area (Å²) < 4.78 is 57.5. The predicted molar refractivity (Wildman–Crippen MR) is 116 cm³/mol. The fourth-order valence-corrected chi connectivity index (χ4v) is 3.28. The summed E-state index contributed by atoms with van der Waals surface area (Å²) in [5.74, 6) is -3.15. The Labute approximate surface area is 188 Å². The average molecular weight is 462 g/mol. The molecule has 182 valence electrons. The predicted octanol–water partition coefficient (Wildman–Crippen LogP) is 6.67. The van der Waals surface area contributed by atoms with Gasteiger partial charge in [0.25, 0.3) is 5.91 Å². The van der Waals surface area contributed by atoms with Crippen molar-refractivity contribution in [3.05, 3.63) is 35.1 Å². The Bertz CT molecular complexity index is 720. The molecule has 0 bridgehead atoms. The lowest BCUT2D eigenvalue weighted by Gasteiger charge is -2.21. The van der Waals surface area contributed by atoms with E-state index in [9.17, 15) is 27.2 Å². The van der Waals surface area contributed by atoms with Crippen molar-refractivity contribution in [1.82, 2.24) is 5.32 Å². The van der Waals surface area contributed by atoms with Gasteiger partial charge in [-0.15, -0.1) is 0 Å². The zero-order valence-corrected chi connectivity index (χ0v) is 19.2. The number of unbranched alkanes of at least 4 members (excludes halogenated alkanes) is 8. The van der Waals surface area contributed by atoms with Crippen LogP contribution in [-0.4, -0.2) is 24.5 Å². The molecule has 0 saturated heterocycles. The van der Waals surface area contributed by atoms with Crippen LogP contribution >= 0.6 is 0 Å². The monoisotopic (exact) mass is 461 g/mol. The lowest BCUT2D eigenvalue weighted by atomic mass is 10.0. The molecule has 0 radical (unpaired) electrons.